The Hall–Kier alpha value is -3.78. The van der Waals surface area contributed by atoms with Crippen molar-refractivity contribution in [1.82, 2.24) is 25.4 Å². The van der Waals surface area contributed by atoms with Crippen LogP contribution in [0, 0.1) is 11.8 Å². The summed E-state index contributed by atoms with van der Waals surface area (Å²) in [5, 5.41) is 17.7. The van der Waals surface area contributed by atoms with E-state index in [4.69, 9.17) is 9.84 Å². The number of hydrogen-bond acceptors (Lipinski definition) is 8. The van der Waals surface area contributed by atoms with E-state index in [1.54, 1.807) is 24.3 Å². The van der Waals surface area contributed by atoms with Crippen molar-refractivity contribution >= 4 is 15.8 Å². The van der Waals surface area contributed by atoms with Gasteiger partial charge in [0, 0.05) is 11.8 Å². The van der Waals surface area contributed by atoms with Crippen molar-refractivity contribution in [3.05, 3.63) is 53.5 Å². The minimum atomic E-state index is -3.70. The zero-order chi connectivity index (χ0) is 19.4. The highest BCUT2D eigenvalue weighted by atomic mass is 32.2. The first-order chi connectivity index (χ1) is 12.8. The SMILES string of the molecule is CS(=O)(=O)c1ncc(Oc2[nH]nnc2C(=O)O)nc1C#Cc1ccccc1. The standard InChI is InChI=1S/C16H11N5O5S/c1-27(24,25)15-11(8-7-10-5-3-2-4-6-10)18-12(9-17-15)26-14-13(16(22)23)19-21-20-14/h2-6,9H,1H3,(H,22,23)(H,19,20,21). The second kappa shape index (κ2) is 7.22. The highest BCUT2D eigenvalue weighted by molar-refractivity contribution is 7.90. The highest BCUT2D eigenvalue weighted by Gasteiger charge is 2.20. The lowest BCUT2D eigenvalue weighted by atomic mass is 10.2. The number of nitrogens with zero attached hydrogens (tertiary/aromatic N) is 4. The molecule has 2 aromatic heterocycles. The number of sulfone groups is 1. The van der Waals surface area contributed by atoms with Gasteiger partial charge < -0.3 is 9.84 Å². The van der Waals surface area contributed by atoms with E-state index >= 15 is 0 Å². The Bertz CT molecular complexity index is 1160. The molecule has 27 heavy (non-hydrogen) atoms. The van der Waals surface area contributed by atoms with Gasteiger partial charge in [-0.3, -0.25) is 0 Å². The average molecular weight is 385 g/mol. The van der Waals surface area contributed by atoms with E-state index in [0.717, 1.165) is 12.5 Å². The maximum atomic E-state index is 11.9. The van der Waals surface area contributed by atoms with Crippen LogP contribution in [-0.4, -0.2) is 51.1 Å². The Balaban J connectivity index is 2.02. The molecule has 0 unspecified atom stereocenters. The minimum absolute atomic E-state index is 0.136. The molecule has 10 nitrogen and oxygen atoms in total. The summed E-state index contributed by atoms with van der Waals surface area (Å²) < 4.78 is 29.1. The van der Waals surface area contributed by atoms with Crippen molar-refractivity contribution in [3.63, 3.8) is 0 Å². The van der Waals surface area contributed by atoms with E-state index in [9.17, 15) is 13.2 Å². The van der Waals surface area contributed by atoms with Crippen LogP contribution in [0.1, 0.15) is 21.7 Å². The number of benzene rings is 1. The van der Waals surface area contributed by atoms with Gasteiger partial charge in [-0.05, 0) is 18.1 Å². The van der Waals surface area contributed by atoms with Crippen molar-refractivity contribution in [2.45, 2.75) is 5.03 Å². The van der Waals surface area contributed by atoms with Gasteiger partial charge in [-0.1, -0.05) is 29.3 Å². The molecule has 0 aliphatic heterocycles. The number of nitrogens with one attached hydrogen (secondary N) is 1. The molecule has 0 amide bonds. The summed E-state index contributed by atoms with van der Waals surface area (Å²) in [6, 6.07) is 8.88. The summed E-state index contributed by atoms with van der Waals surface area (Å²) in [5.74, 6) is 3.64. The lowest BCUT2D eigenvalue weighted by Crippen LogP contribution is -2.07. The smallest absolute Gasteiger partial charge is 0.362 e. The van der Waals surface area contributed by atoms with Crippen molar-refractivity contribution in [1.29, 1.82) is 0 Å². The summed E-state index contributed by atoms with van der Waals surface area (Å²) in [4.78, 5) is 18.9. The topological polar surface area (TPSA) is 148 Å². The molecule has 2 heterocycles. The Morgan fingerprint density at radius 1 is 1.22 bits per heavy atom. The summed E-state index contributed by atoms with van der Waals surface area (Å²) >= 11 is 0. The third-order valence-corrected chi connectivity index (χ3v) is 4.09. The summed E-state index contributed by atoms with van der Waals surface area (Å²) in [7, 11) is -3.70. The normalized spacial score (nSPS) is 10.7. The lowest BCUT2D eigenvalue weighted by Gasteiger charge is -2.05. The van der Waals surface area contributed by atoms with Crippen LogP contribution in [0.5, 0.6) is 11.8 Å². The Morgan fingerprint density at radius 2 is 1.96 bits per heavy atom. The van der Waals surface area contributed by atoms with Gasteiger partial charge in [0.1, 0.15) is 0 Å². The van der Waals surface area contributed by atoms with Crippen molar-refractivity contribution in [2.75, 3.05) is 6.26 Å². The van der Waals surface area contributed by atoms with E-state index in [-0.39, 0.29) is 22.5 Å². The van der Waals surface area contributed by atoms with Crippen LogP contribution in [0.3, 0.4) is 0 Å². The second-order valence-corrected chi connectivity index (χ2v) is 7.08. The van der Waals surface area contributed by atoms with E-state index < -0.39 is 21.5 Å². The van der Waals surface area contributed by atoms with Crippen molar-refractivity contribution in [3.8, 4) is 23.6 Å². The number of carbonyl (C=O) groups is 1. The van der Waals surface area contributed by atoms with Gasteiger partial charge in [-0.25, -0.2) is 23.3 Å². The molecule has 0 aliphatic carbocycles. The van der Waals surface area contributed by atoms with Crippen LogP contribution in [0.15, 0.2) is 41.6 Å². The molecular weight excluding hydrogens is 374 g/mol. The van der Waals surface area contributed by atoms with Gasteiger partial charge in [-0.2, -0.15) is 4.98 Å². The minimum Gasteiger partial charge on any atom is -0.476 e. The first kappa shape index (κ1) is 18.0. The average Bonchev–Trinajstić information content (AvgIpc) is 3.08. The van der Waals surface area contributed by atoms with Crippen LogP contribution < -0.4 is 4.74 Å². The van der Waals surface area contributed by atoms with Crippen LogP contribution in [0.4, 0.5) is 0 Å². The number of rotatable bonds is 4. The zero-order valence-electron chi connectivity index (χ0n) is 13.7. The second-order valence-electron chi connectivity index (χ2n) is 5.15. The van der Waals surface area contributed by atoms with Gasteiger partial charge in [0.2, 0.25) is 11.6 Å². The molecule has 3 rings (SSSR count). The third-order valence-electron chi connectivity index (χ3n) is 3.09. The number of aromatic nitrogens is 5. The fourth-order valence-corrected chi connectivity index (χ4v) is 2.64. The van der Waals surface area contributed by atoms with Crippen molar-refractivity contribution in [2.24, 2.45) is 0 Å². The Kier molecular flexibility index (Phi) is 4.82. The first-order valence-electron chi connectivity index (χ1n) is 7.31. The summed E-state index contributed by atoms with van der Waals surface area (Å²) in [6.45, 7) is 0. The molecule has 1 aromatic carbocycles. The first-order valence-corrected chi connectivity index (χ1v) is 9.20. The predicted molar refractivity (Wildman–Crippen MR) is 91.0 cm³/mol. The Morgan fingerprint density at radius 3 is 2.63 bits per heavy atom. The molecule has 0 saturated heterocycles. The fourth-order valence-electron chi connectivity index (χ4n) is 1.95. The maximum Gasteiger partial charge on any atom is 0.362 e. The Labute approximate surface area is 153 Å². The van der Waals surface area contributed by atoms with Crippen molar-refractivity contribution < 1.29 is 23.1 Å². The predicted octanol–water partition coefficient (Wildman–Crippen LogP) is 0.888. The number of hydrogen-bond donors (Lipinski definition) is 2. The molecular formula is C16H11N5O5S. The number of ether oxygens (including phenoxy) is 1. The number of aromatic amines is 1. The van der Waals surface area contributed by atoms with Crippen LogP contribution in [-0.2, 0) is 9.84 Å². The lowest BCUT2D eigenvalue weighted by molar-refractivity contribution is 0.0687. The molecule has 0 spiro atoms. The summed E-state index contributed by atoms with van der Waals surface area (Å²) in [6.07, 6.45) is 2.02. The number of carboxylic acid groups (broad SMARTS) is 1. The molecule has 136 valence electrons. The molecule has 0 saturated carbocycles. The van der Waals surface area contributed by atoms with E-state index in [1.165, 1.54) is 0 Å². The van der Waals surface area contributed by atoms with E-state index in [1.807, 2.05) is 6.07 Å². The van der Waals surface area contributed by atoms with Gasteiger partial charge >= 0.3 is 5.97 Å². The van der Waals surface area contributed by atoms with Gasteiger partial charge in [0.25, 0.3) is 5.88 Å². The molecule has 2 N–H and O–H groups in total. The number of H-pyrrole nitrogens is 1. The van der Waals surface area contributed by atoms with Gasteiger partial charge in [0.05, 0.1) is 6.20 Å². The van der Waals surface area contributed by atoms with E-state index in [0.29, 0.717) is 5.56 Å². The maximum absolute atomic E-state index is 11.9. The number of aromatic carboxylic acids is 1. The van der Waals surface area contributed by atoms with E-state index in [2.05, 4.69) is 37.2 Å². The van der Waals surface area contributed by atoms with Gasteiger partial charge in [-0.15, -0.1) is 5.10 Å². The zero-order valence-corrected chi connectivity index (χ0v) is 14.6. The largest absolute Gasteiger partial charge is 0.476 e. The van der Waals surface area contributed by atoms with Gasteiger partial charge in [0.15, 0.2) is 20.6 Å². The highest BCUT2D eigenvalue weighted by Crippen LogP contribution is 2.21. The molecule has 11 heteroatoms. The molecule has 0 bridgehead atoms. The third kappa shape index (κ3) is 4.25. The van der Waals surface area contributed by atoms with Crippen LogP contribution in [0.25, 0.3) is 0 Å². The quantitative estimate of drug-likeness (QED) is 0.624. The molecule has 0 radical (unpaired) electrons. The van der Waals surface area contributed by atoms with Crippen LogP contribution >= 0.6 is 0 Å². The monoisotopic (exact) mass is 385 g/mol. The molecule has 0 atom stereocenters. The fraction of sp³-hybridized carbons (Fsp3) is 0.0625. The molecule has 3 aromatic rings. The summed E-state index contributed by atoms with van der Waals surface area (Å²) in [5.41, 5.74) is 0.0557. The molecule has 0 aliphatic rings. The molecule has 0 fully saturated rings. The number of carboxylic acids is 1. The van der Waals surface area contributed by atoms with Crippen LogP contribution in [0.2, 0.25) is 0 Å².